The standard InChI is InChI=1S/C25H33N5O3/c1-4-17(3)28-7-9-29(10-8-28)25(32)19-14-20-22(13-16(19)2)27-24(31)21-15-26-30(23(20)21)18-5-11-33-12-6-18/h13-15,17-18H,4-12H2,1-3H3,(H,27,31). The molecule has 1 aromatic carbocycles. The van der Waals surface area contributed by atoms with Crippen LogP contribution in [0.4, 0.5) is 0 Å². The Morgan fingerprint density at radius 2 is 1.91 bits per heavy atom. The first-order valence-electron chi connectivity index (χ1n) is 12.1. The van der Waals surface area contributed by atoms with Crippen molar-refractivity contribution in [1.82, 2.24) is 24.6 Å². The Labute approximate surface area is 193 Å². The summed E-state index contributed by atoms with van der Waals surface area (Å²) in [6.07, 6.45) is 4.50. The molecule has 33 heavy (non-hydrogen) atoms. The number of piperazine rings is 1. The van der Waals surface area contributed by atoms with Gasteiger partial charge in [-0.25, -0.2) is 0 Å². The van der Waals surface area contributed by atoms with Gasteiger partial charge in [0.1, 0.15) is 0 Å². The van der Waals surface area contributed by atoms with Crippen LogP contribution >= 0.6 is 0 Å². The molecule has 1 unspecified atom stereocenters. The van der Waals surface area contributed by atoms with E-state index in [2.05, 4.69) is 28.8 Å². The van der Waals surface area contributed by atoms with Crippen molar-refractivity contribution in [2.75, 3.05) is 39.4 Å². The molecule has 1 atom stereocenters. The molecule has 2 aliphatic heterocycles. The summed E-state index contributed by atoms with van der Waals surface area (Å²) >= 11 is 0. The molecular weight excluding hydrogens is 418 g/mol. The molecule has 176 valence electrons. The Morgan fingerprint density at radius 1 is 1.18 bits per heavy atom. The number of nitrogens with zero attached hydrogens (tertiary/aromatic N) is 4. The third-order valence-corrected chi connectivity index (χ3v) is 7.49. The van der Waals surface area contributed by atoms with E-state index in [4.69, 9.17) is 4.74 Å². The summed E-state index contributed by atoms with van der Waals surface area (Å²) in [5, 5.41) is 6.03. The molecule has 4 heterocycles. The van der Waals surface area contributed by atoms with E-state index in [0.29, 0.717) is 30.2 Å². The van der Waals surface area contributed by atoms with Gasteiger partial charge in [-0.2, -0.15) is 5.10 Å². The fraction of sp³-hybridized carbons (Fsp3) is 0.560. The highest BCUT2D eigenvalue weighted by Gasteiger charge is 2.26. The monoisotopic (exact) mass is 451 g/mol. The fourth-order valence-corrected chi connectivity index (χ4v) is 5.23. The van der Waals surface area contributed by atoms with Crippen LogP contribution in [0.15, 0.2) is 23.1 Å². The Kier molecular flexibility index (Phi) is 5.97. The van der Waals surface area contributed by atoms with Gasteiger partial charge < -0.3 is 14.6 Å². The van der Waals surface area contributed by atoms with Crippen molar-refractivity contribution in [3.63, 3.8) is 0 Å². The van der Waals surface area contributed by atoms with Gasteiger partial charge in [-0.1, -0.05) is 6.92 Å². The van der Waals surface area contributed by atoms with Crippen LogP contribution in [0.1, 0.15) is 55.1 Å². The minimum Gasteiger partial charge on any atom is -0.381 e. The molecule has 2 aromatic heterocycles. The number of aryl methyl sites for hydroxylation is 1. The van der Waals surface area contributed by atoms with E-state index in [9.17, 15) is 9.59 Å². The fourth-order valence-electron chi connectivity index (χ4n) is 5.23. The molecule has 0 bridgehead atoms. The second kappa shape index (κ2) is 8.91. The quantitative estimate of drug-likeness (QED) is 0.659. The van der Waals surface area contributed by atoms with E-state index < -0.39 is 0 Å². The highest BCUT2D eigenvalue weighted by atomic mass is 16.5. The molecule has 2 fully saturated rings. The highest BCUT2D eigenvalue weighted by Crippen LogP contribution is 2.30. The predicted molar refractivity (Wildman–Crippen MR) is 129 cm³/mol. The van der Waals surface area contributed by atoms with E-state index in [1.165, 1.54) is 0 Å². The van der Waals surface area contributed by atoms with Crippen LogP contribution in [0, 0.1) is 6.92 Å². The summed E-state index contributed by atoms with van der Waals surface area (Å²) in [5.41, 5.74) is 3.00. The van der Waals surface area contributed by atoms with Gasteiger partial charge in [0.05, 0.1) is 28.7 Å². The Bertz CT molecular complexity index is 1230. The predicted octanol–water partition coefficient (Wildman–Crippen LogP) is 3.09. The van der Waals surface area contributed by atoms with Crippen LogP contribution in [0.2, 0.25) is 0 Å². The molecular formula is C25H33N5O3. The lowest BCUT2D eigenvalue weighted by Crippen LogP contribution is -2.51. The first-order valence-corrected chi connectivity index (χ1v) is 12.1. The average molecular weight is 452 g/mol. The van der Waals surface area contributed by atoms with Crippen molar-refractivity contribution in [2.24, 2.45) is 0 Å². The number of aromatic nitrogens is 3. The van der Waals surface area contributed by atoms with Gasteiger partial charge in [-0.3, -0.25) is 19.2 Å². The van der Waals surface area contributed by atoms with E-state index in [-0.39, 0.29) is 17.5 Å². The number of aromatic amines is 1. The van der Waals surface area contributed by atoms with Gasteiger partial charge in [0.25, 0.3) is 11.5 Å². The topological polar surface area (TPSA) is 83.5 Å². The van der Waals surface area contributed by atoms with E-state index in [0.717, 1.165) is 67.4 Å². The first-order chi connectivity index (χ1) is 16.0. The largest absolute Gasteiger partial charge is 0.381 e. The summed E-state index contributed by atoms with van der Waals surface area (Å²) in [4.78, 5) is 33.7. The van der Waals surface area contributed by atoms with Crippen molar-refractivity contribution in [3.8, 4) is 0 Å². The van der Waals surface area contributed by atoms with Crippen LogP contribution in [-0.2, 0) is 4.74 Å². The average Bonchev–Trinajstić information content (AvgIpc) is 3.30. The number of pyridine rings is 1. The molecule has 5 rings (SSSR count). The first kappa shape index (κ1) is 22.1. The van der Waals surface area contributed by atoms with Crippen LogP contribution in [-0.4, -0.2) is 75.9 Å². The minimum absolute atomic E-state index is 0.0645. The smallest absolute Gasteiger partial charge is 0.259 e. The lowest BCUT2D eigenvalue weighted by Gasteiger charge is -2.38. The van der Waals surface area contributed by atoms with Gasteiger partial charge in [0.2, 0.25) is 0 Å². The molecule has 3 aromatic rings. The normalized spacial score (nSPS) is 19.4. The van der Waals surface area contributed by atoms with E-state index in [1.54, 1.807) is 6.20 Å². The molecule has 1 amide bonds. The zero-order chi connectivity index (χ0) is 23.1. The number of benzene rings is 1. The highest BCUT2D eigenvalue weighted by molar-refractivity contribution is 6.07. The third-order valence-electron chi connectivity index (χ3n) is 7.49. The number of nitrogens with one attached hydrogen (secondary N) is 1. The number of ether oxygens (including phenoxy) is 1. The summed E-state index contributed by atoms with van der Waals surface area (Å²) < 4.78 is 7.50. The number of amides is 1. The molecule has 1 N–H and O–H groups in total. The van der Waals surface area contributed by atoms with Gasteiger partial charge in [-0.05, 0) is 50.8 Å². The molecule has 8 heteroatoms. The lowest BCUT2D eigenvalue weighted by atomic mass is 10.0. The molecule has 2 saturated heterocycles. The summed E-state index contributed by atoms with van der Waals surface area (Å²) in [6.45, 7) is 11.1. The molecule has 8 nitrogen and oxygen atoms in total. The summed E-state index contributed by atoms with van der Waals surface area (Å²) in [7, 11) is 0. The molecule has 0 saturated carbocycles. The van der Waals surface area contributed by atoms with Crippen molar-refractivity contribution in [2.45, 2.75) is 52.1 Å². The zero-order valence-corrected chi connectivity index (χ0v) is 19.8. The van der Waals surface area contributed by atoms with Gasteiger partial charge in [0.15, 0.2) is 0 Å². The van der Waals surface area contributed by atoms with Crippen LogP contribution in [0.3, 0.4) is 0 Å². The number of carbonyl (C=O) groups is 1. The number of fused-ring (bicyclic) bond motifs is 3. The van der Waals surface area contributed by atoms with Crippen molar-refractivity contribution in [1.29, 1.82) is 0 Å². The molecule has 0 radical (unpaired) electrons. The van der Waals surface area contributed by atoms with Gasteiger partial charge in [-0.15, -0.1) is 0 Å². The number of hydrogen-bond acceptors (Lipinski definition) is 5. The van der Waals surface area contributed by atoms with Crippen molar-refractivity contribution < 1.29 is 9.53 Å². The lowest BCUT2D eigenvalue weighted by molar-refractivity contribution is 0.0579. The third kappa shape index (κ3) is 3.95. The number of rotatable bonds is 4. The Balaban J connectivity index is 1.54. The minimum atomic E-state index is -0.143. The molecule has 0 aliphatic carbocycles. The second-order valence-electron chi connectivity index (χ2n) is 9.45. The van der Waals surface area contributed by atoms with Crippen LogP contribution < -0.4 is 5.56 Å². The van der Waals surface area contributed by atoms with Crippen molar-refractivity contribution >= 4 is 27.7 Å². The maximum atomic E-state index is 13.5. The molecule has 0 spiro atoms. The van der Waals surface area contributed by atoms with Crippen molar-refractivity contribution in [3.05, 3.63) is 39.8 Å². The zero-order valence-electron chi connectivity index (χ0n) is 19.8. The second-order valence-corrected chi connectivity index (χ2v) is 9.45. The van der Waals surface area contributed by atoms with Gasteiger partial charge >= 0.3 is 0 Å². The number of carbonyl (C=O) groups excluding carboxylic acids is 1. The van der Waals surface area contributed by atoms with E-state index >= 15 is 0 Å². The number of H-pyrrole nitrogens is 1. The molecule has 2 aliphatic rings. The van der Waals surface area contributed by atoms with Gasteiger partial charge in [0, 0.05) is 56.4 Å². The van der Waals surface area contributed by atoms with E-state index in [1.807, 2.05) is 28.6 Å². The maximum absolute atomic E-state index is 13.5. The maximum Gasteiger partial charge on any atom is 0.259 e. The summed E-state index contributed by atoms with van der Waals surface area (Å²) in [6, 6.07) is 4.62. The SMILES string of the molecule is CCC(C)N1CCN(C(=O)c2cc3c(cc2C)[nH]c(=O)c2cnn(C4CCOCC4)c23)CC1. The Morgan fingerprint density at radius 3 is 2.61 bits per heavy atom. The Hall–Kier alpha value is -2.71. The number of hydrogen-bond donors (Lipinski definition) is 1. The van der Waals surface area contributed by atoms with Crippen LogP contribution in [0.25, 0.3) is 21.8 Å². The summed E-state index contributed by atoms with van der Waals surface area (Å²) in [5.74, 6) is 0.0645. The van der Waals surface area contributed by atoms with Crippen LogP contribution in [0.5, 0.6) is 0 Å².